The SMILES string of the molecule is Cc1ccc(OCCSc2nnnn2-c2ccccc2)cc1C. The van der Waals surface area contributed by atoms with Crippen LogP contribution < -0.4 is 4.74 Å². The summed E-state index contributed by atoms with van der Waals surface area (Å²) in [6.45, 7) is 4.79. The summed E-state index contributed by atoms with van der Waals surface area (Å²) in [5.41, 5.74) is 3.46. The third kappa shape index (κ3) is 3.90. The van der Waals surface area contributed by atoms with Crippen LogP contribution in [-0.2, 0) is 0 Å². The van der Waals surface area contributed by atoms with E-state index in [-0.39, 0.29) is 0 Å². The highest BCUT2D eigenvalue weighted by molar-refractivity contribution is 7.99. The van der Waals surface area contributed by atoms with E-state index in [9.17, 15) is 0 Å². The molecule has 0 aliphatic heterocycles. The largest absolute Gasteiger partial charge is 0.493 e. The molecule has 6 heteroatoms. The molecule has 3 rings (SSSR count). The zero-order chi connectivity index (χ0) is 16.1. The second-order valence-corrected chi connectivity index (χ2v) is 6.21. The summed E-state index contributed by atoms with van der Waals surface area (Å²) < 4.78 is 7.52. The number of thioether (sulfide) groups is 1. The topological polar surface area (TPSA) is 52.8 Å². The summed E-state index contributed by atoms with van der Waals surface area (Å²) in [5, 5.41) is 12.6. The summed E-state index contributed by atoms with van der Waals surface area (Å²) in [5.74, 6) is 1.68. The maximum atomic E-state index is 5.79. The van der Waals surface area contributed by atoms with E-state index in [1.165, 1.54) is 11.1 Å². The zero-order valence-electron chi connectivity index (χ0n) is 13.1. The standard InChI is InChI=1S/C17H18N4OS/c1-13-8-9-16(12-14(13)2)22-10-11-23-17-18-19-20-21(17)15-6-4-3-5-7-15/h3-9,12H,10-11H2,1-2H3. The van der Waals surface area contributed by atoms with E-state index in [0.717, 1.165) is 22.3 Å². The molecule has 0 fully saturated rings. The zero-order valence-corrected chi connectivity index (χ0v) is 14.0. The van der Waals surface area contributed by atoms with Crippen LogP contribution in [0.1, 0.15) is 11.1 Å². The van der Waals surface area contributed by atoms with Gasteiger partial charge in [-0.25, -0.2) is 0 Å². The molecule has 0 aliphatic rings. The number of nitrogens with zero attached hydrogens (tertiary/aromatic N) is 4. The van der Waals surface area contributed by atoms with Crippen LogP contribution in [0.15, 0.2) is 53.7 Å². The lowest BCUT2D eigenvalue weighted by atomic mass is 10.1. The summed E-state index contributed by atoms with van der Waals surface area (Å²) in [6.07, 6.45) is 0. The van der Waals surface area contributed by atoms with Crippen LogP contribution in [0.25, 0.3) is 5.69 Å². The van der Waals surface area contributed by atoms with E-state index >= 15 is 0 Å². The number of aryl methyl sites for hydroxylation is 2. The van der Waals surface area contributed by atoms with Crippen molar-refractivity contribution in [2.45, 2.75) is 19.0 Å². The van der Waals surface area contributed by atoms with Gasteiger partial charge in [-0.2, -0.15) is 4.68 Å². The molecule has 0 amide bonds. The molecule has 1 aromatic heterocycles. The van der Waals surface area contributed by atoms with Crippen LogP contribution >= 0.6 is 11.8 Å². The van der Waals surface area contributed by atoms with Crippen LogP contribution in [0.4, 0.5) is 0 Å². The van der Waals surface area contributed by atoms with Crippen LogP contribution in [-0.4, -0.2) is 32.6 Å². The Balaban J connectivity index is 1.55. The molecule has 0 aliphatic carbocycles. The van der Waals surface area contributed by atoms with Gasteiger partial charge in [0.2, 0.25) is 5.16 Å². The van der Waals surface area contributed by atoms with Crippen molar-refractivity contribution in [2.24, 2.45) is 0 Å². The van der Waals surface area contributed by atoms with E-state index in [4.69, 9.17) is 4.74 Å². The Bertz CT molecular complexity index is 773. The molecular formula is C17H18N4OS. The first-order chi connectivity index (χ1) is 11.2. The van der Waals surface area contributed by atoms with Crippen LogP contribution in [0.2, 0.25) is 0 Å². The second-order valence-electron chi connectivity index (χ2n) is 5.15. The number of tetrazole rings is 1. The van der Waals surface area contributed by atoms with Gasteiger partial charge in [0.25, 0.3) is 0 Å². The number of ether oxygens (including phenoxy) is 1. The van der Waals surface area contributed by atoms with E-state index in [2.05, 4.69) is 41.5 Å². The van der Waals surface area contributed by atoms with E-state index in [0.29, 0.717) is 6.61 Å². The van der Waals surface area contributed by atoms with Gasteiger partial charge >= 0.3 is 0 Å². The lowest BCUT2D eigenvalue weighted by Gasteiger charge is -2.08. The summed E-state index contributed by atoms with van der Waals surface area (Å²) in [4.78, 5) is 0. The molecule has 3 aromatic rings. The smallest absolute Gasteiger partial charge is 0.214 e. The Morgan fingerprint density at radius 3 is 2.65 bits per heavy atom. The first kappa shape index (κ1) is 15.6. The van der Waals surface area contributed by atoms with Crippen molar-refractivity contribution in [1.29, 1.82) is 0 Å². The Labute approximate surface area is 139 Å². The van der Waals surface area contributed by atoms with Crippen molar-refractivity contribution >= 4 is 11.8 Å². The number of rotatable bonds is 6. The minimum atomic E-state index is 0.606. The third-order valence-corrected chi connectivity index (χ3v) is 4.39. The number of aromatic nitrogens is 4. The molecule has 5 nitrogen and oxygen atoms in total. The van der Waals surface area contributed by atoms with Gasteiger partial charge in [0.1, 0.15) is 5.75 Å². The van der Waals surface area contributed by atoms with Crippen LogP contribution in [0, 0.1) is 13.8 Å². The van der Waals surface area contributed by atoms with Crippen molar-refractivity contribution in [3.8, 4) is 11.4 Å². The molecule has 2 aromatic carbocycles. The summed E-state index contributed by atoms with van der Waals surface area (Å²) in [6, 6.07) is 16.0. The van der Waals surface area contributed by atoms with Gasteiger partial charge in [0, 0.05) is 5.75 Å². The van der Waals surface area contributed by atoms with Gasteiger partial charge in [-0.1, -0.05) is 36.0 Å². The van der Waals surface area contributed by atoms with Gasteiger partial charge in [-0.15, -0.1) is 5.10 Å². The molecule has 1 heterocycles. The predicted octanol–water partition coefficient (Wildman–Crippen LogP) is 3.45. The fourth-order valence-electron chi connectivity index (χ4n) is 2.10. The molecule has 23 heavy (non-hydrogen) atoms. The summed E-state index contributed by atoms with van der Waals surface area (Å²) >= 11 is 1.58. The van der Waals surface area contributed by atoms with Gasteiger partial charge in [0.05, 0.1) is 12.3 Å². The summed E-state index contributed by atoms with van der Waals surface area (Å²) in [7, 11) is 0. The second kappa shape index (κ2) is 7.28. The van der Waals surface area contributed by atoms with Crippen molar-refractivity contribution in [1.82, 2.24) is 20.2 Å². The molecular weight excluding hydrogens is 308 g/mol. The molecule has 0 saturated carbocycles. The first-order valence-electron chi connectivity index (χ1n) is 7.41. The van der Waals surface area contributed by atoms with Crippen molar-refractivity contribution in [3.05, 3.63) is 59.7 Å². The van der Waals surface area contributed by atoms with Crippen molar-refractivity contribution < 1.29 is 4.74 Å². The highest BCUT2D eigenvalue weighted by atomic mass is 32.2. The number of hydrogen-bond donors (Lipinski definition) is 0. The molecule has 0 radical (unpaired) electrons. The van der Waals surface area contributed by atoms with Gasteiger partial charge in [0.15, 0.2) is 0 Å². The van der Waals surface area contributed by atoms with Crippen molar-refractivity contribution in [3.63, 3.8) is 0 Å². The Morgan fingerprint density at radius 1 is 1.04 bits per heavy atom. The van der Waals surface area contributed by atoms with E-state index in [1.807, 2.05) is 36.4 Å². The molecule has 0 spiro atoms. The van der Waals surface area contributed by atoms with Gasteiger partial charge in [-0.3, -0.25) is 0 Å². The van der Waals surface area contributed by atoms with Crippen LogP contribution in [0.5, 0.6) is 5.75 Å². The molecule has 0 atom stereocenters. The third-order valence-electron chi connectivity index (χ3n) is 3.50. The Morgan fingerprint density at radius 2 is 1.87 bits per heavy atom. The molecule has 118 valence electrons. The van der Waals surface area contributed by atoms with E-state index in [1.54, 1.807) is 16.4 Å². The van der Waals surface area contributed by atoms with E-state index < -0.39 is 0 Å². The lowest BCUT2D eigenvalue weighted by Crippen LogP contribution is -2.03. The highest BCUT2D eigenvalue weighted by Crippen LogP contribution is 2.19. The molecule has 0 saturated heterocycles. The predicted molar refractivity (Wildman–Crippen MR) is 91.3 cm³/mol. The minimum Gasteiger partial charge on any atom is -0.493 e. The minimum absolute atomic E-state index is 0.606. The average Bonchev–Trinajstić information content (AvgIpc) is 3.04. The van der Waals surface area contributed by atoms with Crippen molar-refractivity contribution in [2.75, 3.05) is 12.4 Å². The first-order valence-corrected chi connectivity index (χ1v) is 8.39. The lowest BCUT2D eigenvalue weighted by molar-refractivity contribution is 0.343. The number of benzene rings is 2. The van der Waals surface area contributed by atoms with Gasteiger partial charge < -0.3 is 4.74 Å². The highest BCUT2D eigenvalue weighted by Gasteiger charge is 2.08. The Hall–Kier alpha value is -2.34. The van der Waals surface area contributed by atoms with Crippen LogP contribution in [0.3, 0.4) is 0 Å². The molecule has 0 unspecified atom stereocenters. The maximum Gasteiger partial charge on any atom is 0.214 e. The maximum absolute atomic E-state index is 5.79. The number of hydrogen-bond acceptors (Lipinski definition) is 5. The quantitative estimate of drug-likeness (QED) is 0.513. The Kier molecular flexibility index (Phi) is 4.92. The van der Waals surface area contributed by atoms with Gasteiger partial charge in [-0.05, 0) is 59.7 Å². The molecule has 0 bridgehead atoms. The normalized spacial score (nSPS) is 10.7. The average molecular weight is 326 g/mol. The fraction of sp³-hybridized carbons (Fsp3) is 0.235. The fourth-order valence-corrected chi connectivity index (χ4v) is 2.80. The number of para-hydroxylation sites is 1. The monoisotopic (exact) mass is 326 g/mol. The molecule has 0 N–H and O–H groups in total.